The fourth-order valence-corrected chi connectivity index (χ4v) is 3.34. The van der Waals surface area contributed by atoms with E-state index in [1.165, 1.54) is 0 Å². The van der Waals surface area contributed by atoms with Crippen LogP contribution >= 0.6 is 0 Å². The first-order valence-electron chi connectivity index (χ1n) is 5.49. The molecule has 1 aliphatic heterocycles. The first-order chi connectivity index (χ1) is 7.66. The Labute approximate surface area is 96.0 Å². The second-order valence-electron chi connectivity index (χ2n) is 4.13. The molecule has 1 aromatic heterocycles. The molecule has 2 rings (SSSR count). The molecule has 16 heavy (non-hydrogen) atoms. The van der Waals surface area contributed by atoms with Crippen LogP contribution < -0.4 is 5.32 Å². The molecule has 0 aromatic carbocycles. The SMILES string of the molecule is O=S1(=O)CCC(NCc2ccccn2)CC1. The van der Waals surface area contributed by atoms with Gasteiger partial charge in [0.25, 0.3) is 0 Å². The van der Waals surface area contributed by atoms with Crippen LogP contribution in [0.4, 0.5) is 0 Å². The van der Waals surface area contributed by atoms with E-state index < -0.39 is 9.84 Å². The Morgan fingerprint density at radius 1 is 1.31 bits per heavy atom. The number of nitrogens with one attached hydrogen (secondary N) is 1. The van der Waals surface area contributed by atoms with Crippen molar-refractivity contribution in [1.82, 2.24) is 10.3 Å². The fourth-order valence-electron chi connectivity index (χ4n) is 1.85. The van der Waals surface area contributed by atoms with E-state index in [4.69, 9.17) is 0 Å². The van der Waals surface area contributed by atoms with Crippen molar-refractivity contribution in [2.45, 2.75) is 25.4 Å². The summed E-state index contributed by atoms with van der Waals surface area (Å²) in [5.74, 6) is 0.625. The van der Waals surface area contributed by atoms with Crippen molar-refractivity contribution in [2.24, 2.45) is 0 Å². The molecule has 1 saturated heterocycles. The molecular weight excluding hydrogens is 224 g/mol. The van der Waals surface area contributed by atoms with E-state index in [1.807, 2.05) is 18.2 Å². The summed E-state index contributed by atoms with van der Waals surface area (Å²) < 4.78 is 22.5. The Kier molecular flexibility index (Phi) is 3.56. The van der Waals surface area contributed by atoms with Gasteiger partial charge in [0.05, 0.1) is 17.2 Å². The third-order valence-electron chi connectivity index (χ3n) is 2.85. The highest BCUT2D eigenvalue weighted by Gasteiger charge is 2.22. The molecule has 1 fully saturated rings. The topological polar surface area (TPSA) is 59.1 Å². The maximum Gasteiger partial charge on any atom is 0.150 e. The average Bonchev–Trinajstić information content (AvgIpc) is 2.29. The Morgan fingerprint density at radius 2 is 2.06 bits per heavy atom. The largest absolute Gasteiger partial charge is 0.308 e. The van der Waals surface area contributed by atoms with Gasteiger partial charge in [-0.25, -0.2) is 8.42 Å². The normalized spacial score (nSPS) is 20.8. The Hall–Kier alpha value is -0.940. The number of pyridine rings is 1. The van der Waals surface area contributed by atoms with Crippen LogP contribution in [0.1, 0.15) is 18.5 Å². The summed E-state index contributed by atoms with van der Waals surface area (Å²) in [7, 11) is -2.75. The Morgan fingerprint density at radius 3 is 2.69 bits per heavy atom. The summed E-state index contributed by atoms with van der Waals surface area (Å²) in [6.07, 6.45) is 3.20. The number of nitrogens with zero attached hydrogens (tertiary/aromatic N) is 1. The summed E-state index contributed by atoms with van der Waals surface area (Å²) in [6.45, 7) is 0.714. The van der Waals surface area contributed by atoms with Crippen LogP contribution in [-0.4, -0.2) is 30.9 Å². The van der Waals surface area contributed by atoms with Gasteiger partial charge < -0.3 is 5.32 Å². The van der Waals surface area contributed by atoms with Crippen LogP contribution in [-0.2, 0) is 16.4 Å². The van der Waals surface area contributed by atoms with Gasteiger partial charge in [-0.15, -0.1) is 0 Å². The van der Waals surface area contributed by atoms with Crippen LogP contribution in [0, 0.1) is 0 Å². The highest BCUT2D eigenvalue weighted by molar-refractivity contribution is 7.91. The van der Waals surface area contributed by atoms with E-state index >= 15 is 0 Å². The van der Waals surface area contributed by atoms with Crippen molar-refractivity contribution in [2.75, 3.05) is 11.5 Å². The van der Waals surface area contributed by atoms with Gasteiger partial charge >= 0.3 is 0 Å². The van der Waals surface area contributed by atoms with Crippen molar-refractivity contribution in [3.8, 4) is 0 Å². The number of sulfone groups is 1. The second-order valence-corrected chi connectivity index (χ2v) is 6.43. The monoisotopic (exact) mass is 240 g/mol. The van der Waals surface area contributed by atoms with Crippen LogP contribution in [0.25, 0.3) is 0 Å². The smallest absolute Gasteiger partial charge is 0.150 e. The standard InChI is InChI=1S/C11H16N2O2S/c14-16(15)7-4-10(5-8-16)13-9-11-3-1-2-6-12-11/h1-3,6,10,13H,4-5,7-9H2. The molecule has 2 heterocycles. The zero-order valence-electron chi connectivity index (χ0n) is 9.09. The molecule has 4 nitrogen and oxygen atoms in total. The minimum absolute atomic E-state index is 0.311. The summed E-state index contributed by atoms with van der Waals surface area (Å²) in [5, 5.41) is 3.35. The van der Waals surface area contributed by atoms with Crippen molar-refractivity contribution in [3.05, 3.63) is 30.1 Å². The first-order valence-corrected chi connectivity index (χ1v) is 7.31. The quantitative estimate of drug-likeness (QED) is 0.847. The molecule has 0 atom stereocenters. The maximum atomic E-state index is 11.2. The van der Waals surface area contributed by atoms with Gasteiger partial charge in [-0.05, 0) is 25.0 Å². The van der Waals surface area contributed by atoms with E-state index in [9.17, 15) is 8.42 Å². The molecule has 5 heteroatoms. The minimum Gasteiger partial charge on any atom is -0.308 e. The van der Waals surface area contributed by atoms with E-state index in [2.05, 4.69) is 10.3 Å². The van der Waals surface area contributed by atoms with E-state index in [0.717, 1.165) is 18.5 Å². The van der Waals surface area contributed by atoms with Gasteiger partial charge in [0.1, 0.15) is 9.84 Å². The summed E-state index contributed by atoms with van der Waals surface area (Å²) >= 11 is 0. The van der Waals surface area contributed by atoms with Crippen LogP contribution in [0.3, 0.4) is 0 Å². The predicted octanol–water partition coefficient (Wildman–Crippen LogP) is 0.748. The summed E-state index contributed by atoms with van der Waals surface area (Å²) in [4.78, 5) is 4.21. The molecular formula is C11H16N2O2S. The summed E-state index contributed by atoms with van der Waals surface area (Å²) in [6, 6.07) is 6.11. The van der Waals surface area contributed by atoms with Gasteiger partial charge in [0.15, 0.2) is 0 Å². The Bertz CT molecular complexity index is 417. The summed E-state index contributed by atoms with van der Waals surface area (Å²) in [5.41, 5.74) is 0.996. The highest BCUT2D eigenvalue weighted by Crippen LogP contribution is 2.12. The van der Waals surface area contributed by atoms with Crippen molar-refractivity contribution in [3.63, 3.8) is 0 Å². The molecule has 0 unspecified atom stereocenters. The number of hydrogen-bond donors (Lipinski definition) is 1. The lowest BCUT2D eigenvalue weighted by molar-refractivity contribution is 0.460. The van der Waals surface area contributed by atoms with Crippen molar-refractivity contribution < 1.29 is 8.42 Å². The molecule has 0 aliphatic carbocycles. The lowest BCUT2D eigenvalue weighted by Gasteiger charge is -2.22. The third-order valence-corrected chi connectivity index (χ3v) is 4.57. The van der Waals surface area contributed by atoms with E-state index in [0.29, 0.717) is 24.1 Å². The molecule has 1 aromatic rings. The van der Waals surface area contributed by atoms with Crippen LogP contribution in [0.5, 0.6) is 0 Å². The molecule has 1 N–H and O–H groups in total. The van der Waals surface area contributed by atoms with Gasteiger partial charge in [0, 0.05) is 18.8 Å². The molecule has 0 radical (unpaired) electrons. The number of hydrogen-bond acceptors (Lipinski definition) is 4. The van der Waals surface area contributed by atoms with E-state index in [1.54, 1.807) is 6.20 Å². The number of rotatable bonds is 3. The van der Waals surface area contributed by atoms with Crippen LogP contribution in [0.15, 0.2) is 24.4 Å². The molecule has 0 bridgehead atoms. The lowest BCUT2D eigenvalue weighted by atomic mass is 10.1. The molecule has 0 amide bonds. The molecule has 0 spiro atoms. The third kappa shape index (κ3) is 3.28. The van der Waals surface area contributed by atoms with Gasteiger partial charge in [-0.2, -0.15) is 0 Å². The highest BCUT2D eigenvalue weighted by atomic mass is 32.2. The van der Waals surface area contributed by atoms with E-state index in [-0.39, 0.29) is 0 Å². The van der Waals surface area contributed by atoms with Crippen LogP contribution in [0.2, 0.25) is 0 Å². The van der Waals surface area contributed by atoms with Crippen molar-refractivity contribution >= 4 is 9.84 Å². The molecule has 1 aliphatic rings. The number of aromatic nitrogens is 1. The maximum absolute atomic E-state index is 11.2. The average molecular weight is 240 g/mol. The van der Waals surface area contributed by atoms with Gasteiger partial charge in [0.2, 0.25) is 0 Å². The second kappa shape index (κ2) is 4.93. The zero-order valence-corrected chi connectivity index (χ0v) is 9.91. The van der Waals surface area contributed by atoms with Gasteiger partial charge in [-0.1, -0.05) is 6.07 Å². The predicted molar refractivity (Wildman–Crippen MR) is 62.8 cm³/mol. The lowest BCUT2D eigenvalue weighted by Crippen LogP contribution is -2.37. The zero-order chi connectivity index (χ0) is 11.4. The Balaban J connectivity index is 1.80. The first kappa shape index (κ1) is 11.5. The molecule has 88 valence electrons. The molecule has 0 saturated carbocycles. The van der Waals surface area contributed by atoms with Crippen molar-refractivity contribution in [1.29, 1.82) is 0 Å². The van der Waals surface area contributed by atoms with Gasteiger partial charge in [-0.3, -0.25) is 4.98 Å². The fraction of sp³-hybridized carbons (Fsp3) is 0.545. The minimum atomic E-state index is -2.75.